The van der Waals surface area contributed by atoms with Crippen LogP contribution in [0.2, 0.25) is 18.1 Å². The molecule has 0 saturated heterocycles. The Hall–Kier alpha value is 0.327. The molecular weight excluding hydrogens is 320 g/mol. The average molecular weight is 349 g/mol. The van der Waals surface area contributed by atoms with Crippen molar-refractivity contribution in [2.24, 2.45) is 11.8 Å². The molecule has 1 fully saturated rings. The van der Waals surface area contributed by atoms with Crippen LogP contribution in [0.1, 0.15) is 46.5 Å². The van der Waals surface area contributed by atoms with Gasteiger partial charge in [0.15, 0.2) is 8.32 Å². The second-order valence-electron chi connectivity index (χ2n) is 7.35. The van der Waals surface area contributed by atoms with Crippen molar-refractivity contribution in [1.82, 2.24) is 0 Å². The van der Waals surface area contributed by atoms with Crippen molar-refractivity contribution in [3.63, 3.8) is 0 Å². The zero-order valence-corrected chi connectivity index (χ0v) is 15.7. The van der Waals surface area contributed by atoms with Crippen LogP contribution in [0.3, 0.4) is 0 Å². The lowest BCUT2D eigenvalue weighted by Gasteiger charge is -2.41. The molecule has 0 N–H and O–H groups in total. The van der Waals surface area contributed by atoms with E-state index >= 15 is 0 Å². The molecule has 112 valence electrons. The normalized spacial score (nSPS) is 24.1. The van der Waals surface area contributed by atoms with Crippen molar-refractivity contribution in [1.29, 1.82) is 0 Å². The largest absolute Gasteiger partial charge is 0.417 e. The fourth-order valence-electron chi connectivity index (χ4n) is 2.16. The molecule has 2 nitrogen and oxygen atoms in total. The number of rotatable bonds is 7. The molecule has 4 heteroatoms. The molecular formula is C15H29BrO2Si. The molecule has 0 aromatic carbocycles. The third kappa shape index (κ3) is 4.98. The summed E-state index contributed by atoms with van der Waals surface area (Å²) in [6, 6.07) is 0. The van der Waals surface area contributed by atoms with Gasteiger partial charge in [0, 0.05) is 24.8 Å². The number of Topliss-reactive ketones (excluding diaryl/α,β-unsaturated/α-hetero) is 1. The van der Waals surface area contributed by atoms with Crippen LogP contribution in [0.25, 0.3) is 0 Å². The van der Waals surface area contributed by atoms with Crippen LogP contribution >= 0.6 is 15.9 Å². The number of alkyl halides is 1. The van der Waals surface area contributed by atoms with Gasteiger partial charge in [-0.15, -0.1) is 0 Å². The Bertz CT molecular complexity index is 310. The van der Waals surface area contributed by atoms with Crippen molar-refractivity contribution in [2.75, 3.05) is 11.9 Å². The maximum Gasteiger partial charge on any atom is 0.191 e. The highest BCUT2D eigenvalue weighted by atomic mass is 79.9. The second-order valence-corrected chi connectivity index (χ2v) is 13.0. The summed E-state index contributed by atoms with van der Waals surface area (Å²) in [4.78, 5) is 11.7. The molecule has 1 rings (SSSR count). The lowest BCUT2D eigenvalue weighted by molar-refractivity contribution is -0.121. The molecule has 1 aliphatic carbocycles. The van der Waals surface area contributed by atoms with Gasteiger partial charge in [0.25, 0.3) is 0 Å². The first kappa shape index (κ1) is 17.4. The van der Waals surface area contributed by atoms with Gasteiger partial charge in [0.05, 0.1) is 0 Å². The Kier molecular flexibility index (Phi) is 6.27. The van der Waals surface area contributed by atoms with Gasteiger partial charge < -0.3 is 4.43 Å². The van der Waals surface area contributed by atoms with Crippen molar-refractivity contribution in [3.05, 3.63) is 0 Å². The van der Waals surface area contributed by atoms with Gasteiger partial charge in [-0.05, 0) is 42.8 Å². The number of carbonyl (C=O) groups is 1. The van der Waals surface area contributed by atoms with Gasteiger partial charge in [-0.25, -0.2) is 0 Å². The van der Waals surface area contributed by atoms with E-state index < -0.39 is 8.32 Å². The van der Waals surface area contributed by atoms with E-state index in [1.807, 2.05) is 0 Å². The summed E-state index contributed by atoms with van der Waals surface area (Å²) in [7, 11) is -1.63. The van der Waals surface area contributed by atoms with Gasteiger partial charge in [-0.2, -0.15) is 0 Å². The van der Waals surface area contributed by atoms with E-state index in [4.69, 9.17) is 4.43 Å². The highest BCUT2D eigenvalue weighted by molar-refractivity contribution is 9.09. The van der Waals surface area contributed by atoms with Crippen LogP contribution in [0.15, 0.2) is 0 Å². The maximum absolute atomic E-state index is 11.7. The summed E-state index contributed by atoms with van der Waals surface area (Å²) < 4.78 is 6.29. The monoisotopic (exact) mass is 348 g/mol. The van der Waals surface area contributed by atoms with Crippen LogP contribution in [0.4, 0.5) is 0 Å². The Morgan fingerprint density at radius 2 is 1.84 bits per heavy atom. The minimum atomic E-state index is -1.63. The first-order valence-electron chi connectivity index (χ1n) is 7.39. The molecule has 1 saturated carbocycles. The van der Waals surface area contributed by atoms with Crippen molar-refractivity contribution >= 4 is 30.0 Å². The lowest BCUT2D eigenvalue weighted by Crippen LogP contribution is -2.44. The fourth-order valence-corrected chi connectivity index (χ4v) is 3.66. The Morgan fingerprint density at radius 3 is 2.26 bits per heavy atom. The summed E-state index contributed by atoms with van der Waals surface area (Å²) in [5.41, 5.74) is 0. The number of halogens is 1. The van der Waals surface area contributed by atoms with E-state index in [0.717, 1.165) is 18.4 Å². The summed E-state index contributed by atoms with van der Waals surface area (Å²) in [5.74, 6) is 1.60. The van der Waals surface area contributed by atoms with Gasteiger partial charge in [-0.1, -0.05) is 36.7 Å². The summed E-state index contributed by atoms with van der Waals surface area (Å²) in [6.07, 6.45) is 3.88. The highest BCUT2D eigenvalue weighted by Crippen LogP contribution is 2.41. The minimum Gasteiger partial charge on any atom is -0.417 e. The van der Waals surface area contributed by atoms with Crippen molar-refractivity contribution in [2.45, 2.75) is 64.6 Å². The smallest absolute Gasteiger partial charge is 0.191 e. The summed E-state index contributed by atoms with van der Waals surface area (Å²) in [6.45, 7) is 12.3. The van der Waals surface area contributed by atoms with Gasteiger partial charge in [-0.3, -0.25) is 4.79 Å². The summed E-state index contributed by atoms with van der Waals surface area (Å²) >= 11 is 3.33. The number of hydrogen-bond donors (Lipinski definition) is 0. The molecule has 2 atom stereocenters. The van der Waals surface area contributed by atoms with Gasteiger partial charge >= 0.3 is 0 Å². The van der Waals surface area contributed by atoms with Crippen molar-refractivity contribution in [3.8, 4) is 0 Å². The first-order chi connectivity index (χ1) is 8.67. The molecule has 0 aromatic rings. The molecule has 0 amide bonds. The SMILES string of the molecule is CC(C)(C)[Si](C)(C)OC[C@@H]1CC[C@H]1CC(=O)CCBr. The van der Waals surface area contributed by atoms with Crippen LogP contribution in [0, 0.1) is 11.8 Å². The van der Waals surface area contributed by atoms with Crippen LogP contribution in [-0.4, -0.2) is 26.0 Å². The topological polar surface area (TPSA) is 26.3 Å². The highest BCUT2D eigenvalue weighted by Gasteiger charge is 2.39. The molecule has 1 aliphatic rings. The molecule has 0 unspecified atom stereocenters. The van der Waals surface area contributed by atoms with Gasteiger partial charge in [0.2, 0.25) is 0 Å². The fraction of sp³-hybridized carbons (Fsp3) is 0.933. The Morgan fingerprint density at radius 1 is 1.26 bits per heavy atom. The van der Waals surface area contributed by atoms with E-state index in [9.17, 15) is 4.79 Å². The van der Waals surface area contributed by atoms with E-state index in [2.05, 4.69) is 49.8 Å². The zero-order valence-electron chi connectivity index (χ0n) is 13.1. The Labute approximate surface area is 127 Å². The van der Waals surface area contributed by atoms with Crippen LogP contribution < -0.4 is 0 Å². The van der Waals surface area contributed by atoms with Gasteiger partial charge in [0.1, 0.15) is 5.78 Å². The van der Waals surface area contributed by atoms with Crippen molar-refractivity contribution < 1.29 is 9.22 Å². The minimum absolute atomic E-state index is 0.276. The summed E-state index contributed by atoms with van der Waals surface area (Å²) in [5, 5.41) is 1.07. The third-order valence-electron chi connectivity index (χ3n) is 4.90. The van der Waals surface area contributed by atoms with Crippen LogP contribution in [0.5, 0.6) is 0 Å². The van der Waals surface area contributed by atoms with E-state index in [0.29, 0.717) is 24.0 Å². The molecule has 0 aromatic heterocycles. The molecule has 0 heterocycles. The predicted octanol–water partition coefficient (Wildman–Crippen LogP) is 4.78. The predicted molar refractivity (Wildman–Crippen MR) is 87.4 cm³/mol. The number of carbonyl (C=O) groups excluding carboxylic acids is 1. The molecule has 0 aliphatic heterocycles. The zero-order chi connectivity index (χ0) is 14.7. The maximum atomic E-state index is 11.7. The molecule has 0 bridgehead atoms. The average Bonchev–Trinajstić information content (AvgIpc) is 2.23. The number of hydrogen-bond acceptors (Lipinski definition) is 2. The number of ketones is 1. The second kappa shape index (κ2) is 6.86. The third-order valence-corrected chi connectivity index (χ3v) is 9.80. The molecule has 19 heavy (non-hydrogen) atoms. The van der Waals surface area contributed by atoms with E-state index in [1.165, 1.54) is 12.8 Å². The van der Waals surface area contributed by atoms with Crippen LogP contribution in [-0.2, 0) is 9.22 Å². The molecule has 0 radical (unpaired) electrons. The van der Waals surface area contributed by atoms with E-state index in [-0.39, 0.29) is 5.04 Å². The quantitative estimate of drug-likeness (QED) is 0.488. The Balaban J connectivity index is 2.36. The van der Waals surface area contributed by atoms with E-state index in [1.54, 1.807) is 0 Å². The standard InChI is InChI=1S/C15H29BrO2Si/c1-15(2,3)19(4,5)18-11-13-7-6-12(13)10-14(17)8-9-16/h12-13H,6-11H2,1-5H3/t12-,13-/m0/s1. The molecule has 0 spiro atoms. The lowest BCUT2D eigenvalue weighted by atomic mass is 9.71. The first-order valence-corrected chi connectivity index (χ1v) is 11.4.